The van der Waals surface area contributed by atoms with E-state index in [4.69, 9.17) is 5.73 Å². The molecule has 3 N–H and O–H groups in total. The highest BCUT2D eigenvalue weighted by Gasteiger charge is 2.32. The molecule has 1 aliphatic rings. The lowest BCUT2D eigenvalue weighted by Gasteiger charge is -2.27. The van der Waals surface area contributed by atoms with Crippen LogP contribution in [0.25, 0.3) is 0 Å². The zero-order valence-corrected chi connectivity index (χ0v) is 7.16. The van der Waals surface area contributed by atoms with Crippen molar-refractivity contribution in [3.8, 4) is 0 Å². The summed E-state index contributed by atoms with van der Waals surface area (Å²) in [5, 5.41) is 9.68. The van der Waals surface area contributed by atoms with Crippen molar-refractivity contribution >= 4 is 11.8 Å². The lowest BCUT2D eigenvalue weighted by Crippen LogP contribution is -2.42. The molecule has 1 aliphatic heterocycles. The summed E-state index contributed by atoms with van der Waals surface area (Å²) in [7, 11) is 0. The molecule has 0 aromatic rings. The van der Waals surface area contributed by atoms with Crippen molar-refractivity contribution in [1.29, 1.82) is 0 Å². The Bertz CT molecular complexity index is 110. The van der Waals surface area contributed by atoms with Crippen molar-refractivity contribution in [1.82, 2.24) is 0 Å². The number of aliphatic hydroxyl groups is 1. The Labute approximate surface area is 66.2 Å². The smallest absolute Gasteiger partial charge is 0.0777 e. The fourth-order valence-electron chi connectivity index (χ4n) is 1.19. The van der Waals surface area contributed by atoms with E-state index in [2.05, 4.69) is 0 Å². The Kier molecular flexibility index (Phi) is 2.61. The molecular weight excluding hydrogens is 146 g/mol. The summed E-state index contributed by atoms with van der Waals surface area (Å²) >= 11 is 1.91. The van der Waals surface area contributed by atoms with Crippen molar-refractivity contribution in [3.05, 3.63) is 0 Å². The van der Waals surface area contributed by atoms with Crippen LogP contribution < -0.4 is 5.73 Å². The van der Waals surface area contributed by atoms with E-state index in [-0.39, 0.29) is 0 Å². The minimum atomic E-state index is -0.622. The molecule has 3 heteroatoms. The minimum absolute atomic E-state index is 0.387. The van der Waals surface area contributed by atoms with Gasteiger partial charge in [0.15, 0.2) is 0 Å². The predicted octanol–water partition coefficient (Wildman–Crippen LogP) is 0.449. The average molecular weight is 161 g/mol. The Morgan fingerprint density at radius 3 is 2.90 bits per heavy atom. The molecule has 2 unspecified atom stereocenters. The first-order valence-corrected chi connectivity index (χ1v) is 4.82. The SMILES string of the molecule is CC(O)(CN)C1CCSC1. The zero-order valence-electron chi connectivity index (χ0n) is 6.34. The Hall–Kier alpha value is 0.270. The third-order valence-electron chi connectivity index (χ3n) is 2.22. The van der Waals surface area contributed by atoms with Gasteiger partial charge in [0.2, 0.25) is 0 Å². The zero-order chi connectivity index (χ0) is 7.61. The topological polar surface area (TPSA) is 46.2 Å². The molecule has 0 bridgehead atoms. The van der Waals surface area contributed by atoms with Gasteiger partial charge in [-0.15, -0.1) is 0 Å². The van der Waals surface area contributed by atoms with E-state index in [0.29, 0.717) is 12.5 Å². The van der Waals surface area contributed by atoms with Crippen LogP contribution in [0.4, 0.5) is 0 Å². The van der Waals surface area contributed by atoms with Crippen LogP contribution in [0, 0.1) is 5.92 Å². The van der Waals surface area contributed by atoms with Gasteiger partial charge < -0.3 is 10.8 Å². The van der Waals surface area contributed by atoms with Crippen LogP contribution in [0.3, 0.4) is 0 Å². The van der Waals surface area contributed by atoms with Crippen LogP contribution in [0.15, 0.2) is 0 Å². The maximum absolute atomic E-state index is 9.68. The van der Waals surface area contributed by atoms with Gasteiger partial charge in [-0.25, -0.2) is 0 Å². The van der Waals surface area contributed by atoms with Crippen LogP contribution >= 0.6 is 11.8 Å². The second kappa shape index (κ2) is 3.11. The maximum atomic E-state index is 9.68. The molecule has 0 aliphatic carbocycles. The monoisotopic (exact) mass is 161 g/mol. The molecule has 0 aromatic heterocycles. The second-order valence-electron chi connectivity index (χ2n) is 3.12. The summed E-state index contributed by atoms with van der Waals surface area (Å²) in [6.45, 7) is 2.22. The van der Waals surface area contributed by atoms with Crippen LogP contribution in [0.1, 0.15) is 13.3 Å². The molecule has 1 saturated heterocycles. The van der Waals surface area contributed by atoms with E-state index in [1.165, 1.54) is 5.75 Å². The van der Waals surface area contributed by atoms with Crippen LogP contribution in [0.2, 0.25) is 0 Å². The quantitative estimate of drug-likeness (QED) is 0.618. The normalized spacial score (nSPS) is 32.1. The molecule has 2 nitrogen and oxygen atoms in total. The number of rotatable bonds is 2. The highest BCUT2D eigenvalue weighted by molar-refractivity contribution is 7.99. The highest BCUT2D eigenvalue weighted by Crippen LogP contribution is 2.31. The molecular formula is C7H15NOS. The van der Waals surface area contributed by atoms with E-state index < -0.39 is 5.60 Å². The first-order valence-electron chi connectivity index (χ1n) is 3.67. The summed E-state index contributed by atoms with van der Waals surface area (Å²) in [6.07, 6.45) is 1.12. The molecule has 0 spiro atoms. The van der Waals surface area contributed by atoms with Gasteiger partial charge in [0.1, 0.15) is 0 Å². The number of hydrogen-bond donors (Lipinski definition) is 2. The standard InChI is InChI=1S/C7H15NOS/c1-7(9,5-8)6-2-3-10-4-6/h6,9H,2-5,8H2,1H3. The summed E-state index contributed by atoms with van der Waals surface area (Å²) in [6, 6.07) is 0. The van der Waals surface area contributed by atoms with E-state index in [1.807, 2.05) is 18.7 Å². The summed E-state index contributed by atoms with van der Waals surface area (Å²) in [5.74, 6) is 2.67. The Balaban J connectivity index is 2.45. The fraction of sp³-hybridized carbons (Fsp3) is 1.00. The van der Waals surface area contributed by atoms with Crippen molar-refractivity contribution in [2.75, 3.05) is 18.1 Å². The first kappa shape index (κ1) is 8.37. The van der Waals surface area contributed by atoms with Crippen LogP contribution in [-0.4, -0.2) is 28.8 Å². The maximum Gasteiger partial charge on any atom is 0.0777 e. The van der Waals surface area contributed by atoms with E-state index >= 15 is 0 Å². The summed E-state index contributed by atoms with van der Waals surface area (Å²) < 4.78 is 0. The van der Waals surface area contributed by atoms with Gasteiger partial charge >= 0.3 is 0 Å². The van der Waals surface area contributed by atoms with Crippen LogP contribution in [-0.2, 0) is 0 Å². The predicted molar refractivity (Wildman–Crippen MR) is 45.1 cm³/mol. The minimum Gasteiger partial charge on any atom is -0.389 e. The van der Waals surface area contributed by atoms with Crippen LogP contribution in [0.5, 0.6) is 0 Å². The molecule has 60 valence electrons. The molecule has 2 atom stereocenters. The van der Waals surface area contributed by atoms with Crippen molar-refractivity contribution < 1.29 is 5.11 Å². The fourth-order valence-corrected chi connectivity index (χ4v) is 2.62. The third-order valence-corrected chi connectivity index (χ3v) is 3.38. The van der Waals surface area contributed by atoms with Crippen molar-refractivity contribution in [2.45, 2.75) is 18.9 Å². The van der Waals surface area contributed by atoms with Crippen molar-refractivity contribution in [2.24, 2.45) is 11.7 Å². The molecule has 0 radical (unpaired) electrons. The summed E-state index contributed by atoms with van der Waals surface area (Å²) in [4.78, 5) is 0. The van der Waals surface area contributed by atoms with E-state index in [1.54, 1.807) is 0 Å². The molecule has 1 heterocycles. The number of nitrogens with two attached hydrogens (primary N) is 1. The molecule has 0 aromatic carbocycles. The first-order chi connectivity index (χ1) is 4.67. The second-order valence-corrected chi connectivity index (χ2v) is 4.27. The number of hydrogen-bond acceptors (Lipinski definition) is 3. The molecule has 0 amide bonds. The summed E-state index contributed by atoms with van der Waals surface area (Å²) in [5.41, 5.74) is 4.81. The molecule has 10 heavy (non-hydrogen) atoms. The Morgan fingerprint density at radius 1 is 1.80 bits per heavy atom. The van der Waals surface area contributed by atoms with Gasteiger partial charge in [-0.05, 0) is 30.8 Å². The van der Waals surface area contributed by atoms with Gasteiger partial charge in [0.05, 0.1) is 5.60 Å². The van der Waals surface area contributed by atoms with Gasteiger partial charge in [-0.3, -0.25) is 0 Å². The van der Waals surface area contributed by atoms with Gasteiger partial charge in [0.25, 0.3) is 0 Å². The van der Waals surface area contributed by atoms with Gasteiger partial charge in [-0.1, -0.05) is 0 Å². The lowest BCUT2D eigenvalue weighted by atomic mass is 9.89. The Morgan fingerprint density at radius 2 is 2.50 bits per heavy atom. The van der Waals surface area contributed by atoms with Gasteiger partial charge in [0, 0.05) is 6.54 Å². The third kappa shape index (κ3) is 1.65. The molecule has 0 saturated carbocycles. The number of thioether (sulfide) groups is 1. The molecule has 1 rings (SSSR count). The highest BCUT2D eigenvalue weighted by atomic mass is 32.2. The largest absolute Gasteiger partial charge is 0.389 e. The molecule has 1 fully saturated rings. The van der Waals surface area contributed by atoms with Gasteiger partial charge in [-0.2, -0.15) is 11.8 Å². The van der Waals surface area contributed by atoms with E-state index in [9.17, 15) is 5.11 Å². The van der Waals surface area contributed by atoms with Crippen molar-refractivity contribution in [3.63, 3.8) is 0 Å². The average Bonchev–Trinajstić information content (AvgIpc) is 2.38. The lowest BCUT2D eigenvalue weighted by molar-refractivity contribution is 0.0182. The van der Waals surface area contributed by atoms with E-state index in [0.717, 1.165) is 12.2 Å².